The van der Waals surface area contributed by atoms with Gasteiger partial charge in [-0.2, -0.15) is 0 Å². The zero-order valence-electron chi connectivity index (χ0n) is 19.7. The standard InChI is InChI=1S/C26H35N3OS/c1-18(2)10-9-11-19(3)14-15-31-26-28-22-12-7-8-13-24(22)29(26)17-23-21(5)25(30-6)20(4)16-27-23/h7-8,10,12-13,16,19H,9,11,14-15,17H2,1-6H3. The topological polar surface area (TPSA) is 39.9 Å². The number of para-hydroxylation sites is 2. The molecule has 0 spiro atoms. The Kier molecular flexibility index (Phi) is 8.19. The number of imidazole rings is 1. The number of ether oxygens (including phenoxy) is 1. The van der Waals surface area contributed by atoms with Gasteiger partial charge in [-0.15, -0.1) is 0 Å². The highest BCUT2D eigenvalue weighted by Crippen LogP contribution is 2.29. The van der Waals surface area contributed by atoms with Crippen molar-refractivity contribution >= 4 is 22.8 Å². The monoisotopic (exact) mass is 437 g/mol. The second-order valence-corrected chi connectivity index (χ2v) is 9.68. The number of pyridine rings is 1. The van der Waals surface area contributed by atoms with Crippen molar-refractivity contribution in [3.63, 3.8) is 0 Å². The van der Waals surface area contributed by atoms with Crippen molar-refractivity contribution in [2.75, 3.05) is 12.9 Å². The summed E-state index contributed by atoms with van der Waals surface area (Å²) in [6.45, 7) is 11.5. The summed E-state index contributed by atoms with van der Waals surface area (Å²) in [5, 5.41) is 1.07. The van der Waals surface area contributed by atoms with Crippen LogP contribution in [0.4, 0.5) is 0 Å². The van der Waals surface area contributed by atoms with Gasteiger partial charge in [0, 0.05) is 23.1 Å². The van der Waals surface area contributed by atoms with Gasteiger partial charge in [0.05, 0.1) is 30.4 Å². The second kappa shape index (κ2) is 10.9. The third kappa shape index (κ3) is 5.91. The normalized spacial score (nSPS) is 12.2. The fourth-order valence-corrected chi connectivity index (χ4v) is 5.03. The molecule has 2 heterocycles. The van der Waals surface area contributed by atoms with Gasteiger partial charge in [0.2, 0.25) is 0 Å². The largest absolute Gasteiger partial charge is 0.496 e. The zero-order valence-corrected chi connectivity index (χ0v) is 20.6. The Balaban J connectivity index is 1.77. The van der Waals surface area contributed by atoms with Crippen molar-refractivity contribution in [1.82, 2.24) is 14.5 Å². The van der Waals surface area contributed by atoms with Crippen LogP contribution in [0.15, 0.2) is 47.3 Å². The second-order valence-electron chi connectivity index (χ2n) is 8.62. The molecule has 3 rings (SSSR count). The molecule has 3 aromatic rings. The average Bonchev–Trinajstić information content (AvgIpc) is 3.07. The molecule has 0 bridgehead atoms. The van der Waals surface area contributed by atoms with E-state index in [-0.39, 0.29) is 0 Å². The number of hydrogen-bond acceptors (Lipinski definition) is 4. The molecular weight excluding hydrogens is 402 g/mol. The highest BCUT2D eigenvalue weighted by molar-refractivity contribution is 7.99. The number of nitrogens with zero attached hydrogens (tertiary/aromatic N) is 3. The predicted octanol–water partition coefficient (Wildman–Crippen LogP) is 6.97. The quantitative estimate of drug-likeness (QED) is 0.254. The summed E-state index contributed by atoms with van der Waals surface area (Å²) < 4.78 is 7.92. The van der Waals surface area contributed by atoms with Crippen molar-refractivity contribution in [2.45, 2.75) is 65.6 Å². The molecule has 0 amide bonds. The molecule has 166 valence electrons. The summed E-state index contributed by atoms with van der Waals surface area (Å²) >= 11 is 1.86. The summed E-state index contributed by atoms with van der Waals surface area (Å²) in [5.74, 6) is 2.71. The van der Waals surface area contributed by atoms with E-state index in [1.54, 1.807) is 7.11 Å². The van der Waals surface area contributed by atoms with Gasteiger partial charge in [0.25, 0.3) is 0 Å². The van der Waals surface area contributed by atoms with Crippen LogP contribution in [0, 0.1) is 19.8 Å². The van der Waals surface area contributed by atoms with Gasteiger partial charge in [0.15, 0.2) is 5.16 Å². The minimum absolute atomic E-state index is 0.696. The van der Waals surface area contributed by atoms with Gasteiger partial charge >= 0.3 is 0 Å². The van der Waals surface area contributed by atoms with Crippen LogP contribution in [0.2, 0.25) is 0 Å². The van der Waals surface area contributed by atoms with Crippen LogP contribution in [0.3, 0.4) is 0 Å². The van der Waals surface area contributed by atoms with Crippen LogP contribution in [-0.2, 0) is 6.54 Å². The summed E-state index contributed by atoms with van der Waals surface area (Å²) in [7, 11) is 1.73. The lowest BCUT2D eigenvalue weighted by Crippen LogP contribution is -2.07. The van der Waals surface area contributed by atoms with E-state index in [9.17, 15) is 0 Å². The van der Waals surface area contributed by atoms with Gasteiger partial charge in [-0.05, 0) is 65.0 Å². The fourth-order valence-electron chi connectivity index (χ4n) is 3.85. The van der Waals surface area contributed by atoms with Gasteiger partial charge in [0.1, 0.15) is 5.75 Å². The van der Waals surface area contributed by atoms with Crippen molar-refractivity contribution in [1.29, 1.82) is 0 Å². The molecule has 1 unspecified atom stereocenters. The number of aryl methyl sites for hydroxylation is 1. The first-order chi connectivity index (χ1) is 14.9. The fraction of sp³-hybridized carbons (Fsp3) is 0.462. The minimum atomic E-state index is 0.696. The zero-order chi connectivity index (χ0) is 22.4. The summed E-state index contributed by atoms with van der Waals surface area (Å²) in [6.07, 6.45) is 7.86. The minimum Gasteiger partial charge on any atom is -0.496 e. The van der Waals surface area contributed by atoms with Gasteiger partial charge in [-0.25, -0.2) is 4.98 Å². The van der Waals surface area contributed by atoms with Crippen molar-refractivity contribution in [3.05, 3.63) is 58.9 Å². The predicted molar refractivity (Wildman–Crippen MR) is 132 cm³/mol. The summed E-state index contributed by atoms with van der Waals surface area (Å²) in [6, 6.07) is 8.37. The van der Waals surface area contributed by atoms with Crippen LogP contribution in [0.1, 0.15) is 56.9 Å². The van der Waals surface area contributed by atoms with Crippen LogP contribution >= 0.6 is 11.8 Å². The Morgan fingerprint density at radius 1 is 1.19 bits per heavy atom. The molecule has 2 aromatic heterocycles. The molecule has 0 aliphatic heterocycles. The van der Waals surface area contributed by atoms with E-state index in [1.165, 1.54) is 24.8 Å². The number of fused-ring (bicyclic) bond motifs is 1. The van der Waals surface area contributed by atoms with Crippen LogP contribution in [-0.4, -0.2) is 27.4 Å². The van der Waals surface area contributed by atoms with E-state index in [2.05, 4.69) is 62.6 Å². The number of hydrogen-bond donors (Lipinski definition) is 0. The number of aromatic nitrogens is 3. The SMILES string of the molecule is COc1c(C)cnc(Cn2c(SCCC(C)CCC=C(C)C)nc3ccccc32)c1C. The lowest BCUT2D eigenvalue weighted by Gasteiger charge is -2.15. The highest BCUT2D eigenvalue weighted by atomic mass is 32.2. The van der Waals surface area contributed by atoms with E-state index >= 15 is 0 Å². The molecule has 0 saturated carbocycles. The third-order valence-corrected chi connectivity index (χ3v) is 6.74. The molecule has 1 aromatic carbocycles. The number of allylic oxidation sites excluding steroid dienone is 2. The first-order valence-corrected chi connectivity index (χ1v) is 12.1. The lowest BCUT2D eigenvalue weighted by atomic mass is 10.0. The first kappa shape index (κ1) is 23.4. The van der Waals surface area contributed by atoms with E-state index in [0.29, 0.717) is 12.5 Å². The smallest absolute Gasteiger partial charge is 0.169 e. The molecule has 4 nitrogen and oxygen atoms in total. The highest BCUT2D eigenvalue weighted by Gasteiger charge is 2.16. The maximum Gasteiger partial charge on any atom is 0.169 e. The van der Waals surface area contributed by atoms with E-state index < -0.39 is 0 Å². The van der Waals surface area contributed by atoms with E-state index in [0.717, 1.165) is 44.5 Å². The molecule has 0 aliphatic carbocycles. The number of methoxy groups -OCH3 is 1. The van der Waals surface area contributed by atoms with Gasteiger partial charge in [-0.1, -0.05) is 42.5 Å². The Morgan fingerprint density at radius 2 is 1.97 bits per heavy atom. The Labute approximate surface area is 191 Å². The van der Waals surface area contributed by atoms with E-state index in [1.807, 2.05) is 24.9 Å². The number of thioether (sulfide) groups is 1. The number of rotatable bonds is 10. The Morgan fingerprint density at radius 3 is 2.71 bits per heavy atom. The van der Waals surface area contributed by atoms with Crippen LogP contribution < -0.4 is 4.74 Å². The molecule has 0 N–H and O–H groups in total. The first-order valence-electron chi connectivity index (χ1n) is 11.1. The Bertz CT molecular complexity index is 1050. The summed E-state index contributed by atoms with van der Waals surface area (Å²) in [5.41, 5.74) is 6.80. The molecule has 5 heteroatoms. The Hall–Kier alpha value is -2.27. The third-order valence-electron chi connectivity index (χ3n) is 5.73. The maximum atomic E-state index is 5.62. The summed E-state index contributed by atoms with van der Waals surface area (Å²) in [4.78, 5) is 9.66. The molecule has 0 aliphatic rings. The lowest BCUT2D eigenvalue weighted by molar-refractivity contribution is 0.406. The van der Waals surface area contributed by atoms with Crippen LogP contribution in [0.5, 0.6) is 5.75 Å². The molecule has 0 saturated heterocycles. The average molecular weight is 438 g/mol. The van der Waals surface area contributed by atoms with E-state index in [4.69, 9.17) is 14.7 Å². The van der Waals surface area contributed by atoms with Crippen molar-refractivity contribution < 1.29 is 4.74 Å². The maximum absolute atomic E-state index is 5.62. The molecule has 1 atom stereocenters. The van der Waals surface area contributed by atoms with Gasteiger partial charge in [-0.3, -0.25) is 4.98 Å². The molecular formula is C26H35N3OS. The number of benzene rings is 1. The van der Waals surface area contributed by atoms with Gasteiger partial charge < -0.3 is 9.30 Å². The molecule has 0 radical (unpaired) electrons. The molecule has 0 fully saturated rings. The van der Waals surface area contributed by atoms with Crippen molar-refractivity contribution in [2.24, 2.45) is 5.92 Å². The van der Waals surface area contributed by atoms with Crippen molar-refractivity contribution in [3.8, 4) is 5.75 Å². The molecule has 31 heavy (non-hydrogen) atoms. The van der Waals surface area contributed by atoms with Crippen LogP contribution in [0.25, 0.3) is 11.0 Å².